The second kappa shape index (κ2) is 6.98. The number of anilines is 1. The molecular formula is C17H28N2O. The van der Waals surface area contributed by atoms with E-state index in [1.807, 2.05) is 13.0 Å². The molecule has 0 saturated carbocycles. The Labute approximate surface area is 123 Å². The standard InChI is InChI=1S/C17H28N2O/c1-5-13(3)15-12-19(14(4)11-18-15)16-9-7-8-10-17(16)20-6-2/h7-10,13-15,18H,5-6,11-12H2,1-4H3. The summed E-state index contributed by atoms with van der Waals surface area (Å²) in [5.74, 6) is 1.70. The Bertz CT molecular complexity index is 421. The molecule has 1 aliphatic rings. The number of rotatable bonds is 5. The molecule has 1 N–H and O–H groups in total. The van der Waals surface area contributed by atoms with Gasteiger partial charge in [0.15, 0.2) is 0 Å². The molecule has 0 amide bonds. The van der Waals surface area contributed by atoms with Crippen molar-refractivity contribution in [1.82, 2.24) is 5.32 Å². The zero-order chi connectivity index (χ0) is 14.5. The van der Waals surface area contributed by atoms with Crippen molar-refractivity contribution in [1.29, 1.82) is 0 Å². The fourth-order valence-corrected chi connectivity index (χ4v) is 2.86. The number of benzene rings is 1. The van der Waals surface area contributed by atoms with Gasteiger partial charge in [0.1, 0.15) is 5.75 Å². The Kier molecular flexibility index (Phi) is 5.30. The zero-order valence-corrected chi connectivity index (χ0v) is 13.2. The molecule has 3 atom stereocenters. The Balaban J connectivity index is 2.20. The SMILES string of the molecule is CCOc1ccccc1N1CC(C(C)CC)NCC1C. The predicted molar refractivity (Wildman–Crippen MR) is 85.7 cm³/mol. The second-order valence-corrected chi connectivity index (χ2v) is 5.80. The fraction of sp³-hybridized carbons (Fsp3) is 0.647. The molecule has 1 aliphatic heterocycles. The van der Waals surface area contributed by atoms with E-state index in [2.05, 4.69) is 49.2 Å². The van der Waals surface area contributed by atoms with E-state index < -0.39 is 0 Å². The van der Waals surface area contributed by atoms with E-state index in [9.17, 15) is 0 Å². The normalized spacial score (nSPS) is 24.5. The quantitative estimate of drug-likeness (QED) is 0.893. The van der Waals surface area contributed by atoms with Crippen LogP contribution in [0.1, 0.15) is 34.1 Å². The molecule has 3 heteroatoms. The van der Waals surface area contributed by atoms with Crippen LogP contribution in [-0.2, 0) is 0 Å². The average molecular weight is 276 g/mol. The molecule has 1 aromatic rings. The lowest BCUT2D eigenvalue weighted by Gasteiger charge is -2.42. The van der Waals surface area contributed by atoms with Crippen LogP contribution in [-0.4, -0.2) is 31.8 Å². The minimum Gasteiger partial charge on any atom is -0.492 e. The van der Waals surface area contributed by atoms with Gasteiger partial charge in [-0.2, -0.15) is 0 Å². The minimum atomic E-state index is 0.497. The number of nitrogens with one attached hydrogen (secondary N) is 1. The van der Waals surface area contributed by atoms with Crippen LogP contribution in [0.4, 0.5) is 5.69 Å². The minimum absolute atomic E-state index is 0.497. The first-order valence-electron chi connectivity index (χ1n) is 7.89. The Morgan fingerprint density at radius 2 is 2.10 bits per heavy atom. The third-order valence-electron chi connectivity index (χ3n) is 4.41. The van der Waals surface area contributed by atoms with Crippen molar-refractivity contribution in [2.45, 2.75) is 46.2 Å². The number of ether oxygens (including phenoxy) is 1. The number of hydrogen-bond donors (Lipinski definition) is 1. The molecule has 0 aromatic heterocycles. The molecule has 1 saturated heterocycles. The van der Waals surface area contributed by atoms with Crippen molar-refractivity contribution in [3.63, 3.8) is 0 Å². The van der Waals surface area contributed by atoms with Crippen molar-refractivity contribution in [2.75, 3.05) is 24.6 Å². The van der Waals surface area contributed by atoms with E-state index in [-0.39, 0.29) is 0 Å². The fourth-order valence-electron chi connectivity index (χ4n) is 2.86. The van der Waals surface area contributed by atoms with Crippen molar-refractivity contribution < 1.29 is 4.74 Å². The Morgan fingerprint density at radius 3 is 2.80 bits per heavy atom. The van der Waals surface area contributed by atoms with E-state index in [1.54, 1.807) is 0 Å². The van der Waals surface area contributed by atoms with E-state index in [0.717, 1.165) is 18.8 Å². The van der Waals surface area contributed by atoms with Crippen LogP contribution < -0.4 is 15.0 Å². The molecule has 1 aromatic carbocycles. The Hall–Kier alpha value is -1.22. The first-order chi connectivity index (χ1) is 9.67. The molecule has 3 unspecified atom stereocenters. The summed E-state index contributed by atoms with van der Waals surface area (Å²) in [7, 11) is 0. The molecule has 0 spiro atoms. The van der Waals surface area contributed by atoms with Gasteiger partial charge in [0.25, 0.3) is 0 Å². The van der Waals surface area contributed by atoms with Gasteiger partial charge >= 0.3 is 0 Å². The van der Waals surface area contributed by atoms with Crippen LogP contribution in [0.2, 0.25) is 0 Å². The summed E-state index contributed by atoms with van der Waals surface area (Å²) in [6.07, 6.45) is 1.22. The van der Waals surface area contributed by atoms with Crippen molar-refractivity contribution in [2.24, 2.45) is 5.92 Å². The van der Waals surface area contributed by atoms with Crippen molar-refractivity contribution in [3.05, 3.63) is 24.3 Å². The number of hydrogen-bond acceptors (Lipinski definition) is 3. The Morgan fingerprint density at radius 1 is 1.35 bits per heavy atom. The lowest BCUT2D eigenvalue weighted by atomic mass is 9.95. The highest BCUT2D eigenvalue weighted by Gasteiger charge is 2.29. The lowest BCUT2D eigenvalue weighted by Crippen LogP contribution is -2.57. The summed E-state index contributed by atoms with van der Waals surface area (Å²) in [6.45, 7) is 11.7. The van der Waals surface area contributed by atoms with Gasteiger partial charge < -0.3 is 15.0 Å². The highest BCUT2D eigenvalue weighted by atomic mass is 16.5. The van der Waals surface area contributed by atoms with E-state index in [4.69, 9.17) is 4.74 Å². The summed E-state index contributed by atoms with van der Waals surface area (Å²) in [5.41, 5.74) is 1.23. The van der Waals surface area contributed by atoms with E-state index in [1.165, 1.54) is 12.1 Å². The molecule has 0 aliphatic carbocycles. The number of piperazine rings is 1. The zero-order valence-electron chi connectivity index (χ0n) is 13.2. The number of para-hydroxylation sites is 2. The van der Waals surface area contributed by atoms with Crippen LogP contribution in [0, 0.1) is 5.92 Å². The topological polar surface area (TPSA) is 24.5 Å². The van der Waals surface area contributed by atoms with Gasteiger partial charge in [0, 0.05) is 25.2 Å². The number of nitrogens with zero attached hydrogens (tertiary/aromatic N) is 1. The van der Waals surface area contributed by atoms with Gasteiger partial charge in [-0.15, -0.1) is 0 Å². The molecule has 1 heterocycles. The summed E-state index contributed by atoms with van der Waals surface area (Å²) >= 11 is 0. The van der Waals surface area contributed by atoms with Crippen molar-refractivity contribution in [3.8, 4) is 5.75 Å². The molecular weight excluding hydrogens is 248 g/mol. The molecule has 0 bridgehead atoms. The van der Waals surface area contributed by atoms with Gasteiger partial charge in [-0.25, -0.2) is 0 Å². The van der Waals surface area contributed by atoms with Crippen LogP contribution in [0.25, 0.3) is 0 Å². The summed E-state index contributed by atoms with van der Waals surface area (Å²) in [6, 6.07) is 9.47. The molecule has 112 valence electrons. The van der Waals surface area contributed by atoms with Gasteiger partial charge in [-0.1, -0.05) is 32.4 Å². The van der Waals surface area contributed by atoms with Gasteiger partial charge in [0.05, 0.1) is 12.3 Å². The van der Waals surface area contributed by atoms with Crippen LogP contribution >= 0.6 is 0 Å². The smallest absolute Gasteiger partial charge is 0.142 e. The van der Waals surface area contributed by atoms with Gasteiger partial charge in [0.2, 0.25) is 0 Å². The van der Waals surface area contributed by atoms with Gasteiger partial charge in [-0.3, -0.25) is 0 Å². The van der Waals surface area contributed by atoms with Crippen LogP contribution in [0.5, 0.6) is 5.75 Å². The third-order valence-corrected chi connectivity index (χ3v) is 4.41. The highest BCUT2D eigenvalue weighted by Crippen LogP contribution is 2.31. The van der Waals surface area contributed by atoms with Gasteiger partial charge in [-0.05, 0) is 31.9 Å². The molecule has 0 radical (unpaired) electrons. The average Bonchev–Trinajstić information content (AvgIpc) is 2.48. The van der Waals surface area contributed by atoms with Crippen LogP contribution in [0.15, 0.2) is 24.3 Å². The lowest BCUT2D eigenvalue weighted by molar-refractivity contribution is 0.308. The van der Waals surface area contributed by atoms with Crippen molar-refractivity contribution >= 4 is 5.69 Å². The first-order valence-corrected chi connectivity index (χ1v) is 7.89. The molecule has 20 heavy (non-hydrogen) atoms. The summed E-state index contributed by atoms with van der Waals surface area (Å²) in [5, 5.41) is 3.69. The largest absolute Gasteiger partial charge is 0.492 e. The summed E-state index contributed by atoms with van der Waals surface area (Å²) in [4.78, 5) is 2.50. The van der Waals surface area contributed by atoms with E-state index >= 15 is 0 Å². The first kappa shape index (κ1) is 15.2. The molecule has 1 fully saturated rings. The van der Waals surface area contributed by atoms with Crippen LogP contribution in [0.3, 0.4) is 0 Å². The molecule has 3 nitrogen and oxygen atoms in total. The predicted octanol–water partition coefficient (Wildman–Crippen LogP) is 3.30. The maximum absolute atomic E-state index is 5.80. The maximum atomic E-state index is 5.80. The van der Waals surface area contributed by atoms with E-state index in [0.29, 0.717) is 24.6 Å². The maximum Gasteiger partial charge on any atom is 0.142 e. The molecule has 2 rings (SSSR count). The highest BCUT2D eigenvalue weighted by molar-refractivity contribution is 5.59. The summed E-state index contributed by atoms with van der Waals surface area (Å²) < 4.78 is 5.80. The monoisotopic (exact) mass is 276 g/mol. The third kappa shape index (κ3) is 3.26. The second-order valence-electron chi connectivity index (χ2n) is 5.80.